The van der Waals surface area contributed by atoms with Crippen LogP contribution in [0, 0.1) is 6.92 Å². The second-order valence-corrected chi connectivity index (χ2v) is 7.91. The lowest BCUT2D eigenvalue weighted by atomic mass is 10.2. The van der Waals surface area contributed by atoms with Crippen LogP contribution < -0.4 is 5.32 Å². The lowest BCUT2D eigenvalue weighted by Gasteiger charge is -2.09. The van der Waals surface area contributed by atoms with E-state index in [1.807, 2.05) is 40.3 Å². The molecule has 0 aliphatic rings. The Morgan fingerprint density at radius 2 is 2.07 bits per heavy atom. The van der Waals surface area contributed by atoms with E-state index in [1.165, 1.54) is 11.8 Å². The Labute approximate surface area is 169 Å². The summed E-state index contributed by atoms with van der Waals surface area (Å²) in [7, 11) is 0. The molecule has 4 aromatic rings. The first-order chi connectivity index (χ1) is 13.7. The van der Waals surface area contributed by atoms with Gasteiger partial charge >= 0.3 is 0 Å². The first-order valence-corrected chi connectivity index (χ1v) is 10.4. The van der Waals surface area contributed by atoms with E-state index in [2.05, 4.69) is 32.8 Å². The van der Waals surface area contributed by atoms with Gasteiger partial charge in [-0.25, -0.2) is 0 Å². The van der Waals surface area contributed by atoms with Gasteiger partial charge in [0.1, 0.15) is 5.76 Å². The van der Waals surface area contributed by atoms with Crippen molar-refractivity contribution < 1.29 is 9.32 Å². The van der Waals surface area contributed by atoms with E-state index < -0.39 is 0 Å². The monoisotopic (exact) mass is 411 g/mol. The first kappa shape index (κ1) is 18.5. The summed E-state index contributed by atoms with van der Waals surface area (Å²) in [5, 5.41) is 17.9. The third-order valence-electron chi connectivity index (χ3n) is 3.87. The average Bonchev–Trinajstić information content (AvgIpc) is 3.43. The summed E-state index contributed by atoms with van der Waals surface area (Å²) in [5.74, 6) is 1.88. The number of nitrogens with zero attached hydrogens (tertiary/aromatic N) is 4. The minimum Gasteiger partial charge on any atom is -0.360 e. The fraction of sp³-hybridized carbons (Fsp3) is 0.158. The Morgan fingerprint density at radius 3 is 2.79 bits per heavy atom. The second-order valence-electron chi connectivity index (χ2n) is 6.01. The maximum Gasteiger partial charge on any atom is 0.236 e. The number of thioether (sulfide) groups is 1. The van der Waals surface area contributed by atoms with Crippen LogP contribution in [0.2, 0.25) is 0 Å². The van der Waals surface area contributed by atoms with Crippen LogP contribution in [0.1, 0.15) is 11.3 Å². The van der Waals surface area contributed by atoms with E-state index in [0.29, 0.717) is 23.3 Å². The van der Waals surface area contributed by atoms with Gasteiger partial charge in [0.05, 0.1) is 17.2 Å². The molecule has 1 amide bonds. The van der Waals surface area contributed by atoms with Crippen molar-refractivity contribution in [2.45, 2.75) is 18.6 Å². The molecule has 0 saturated carbocycles. The molecule has 0 fully saturated rings. The zero-order valence-electron chi connectivity index (χ0n) is 15.0. The van der Waals surface area contributed by atoms with E-state index in [0.717, 1.165) is 16.3 Å². The summed E-state index contributed by atoms with van der Waals surface area (Å²) in [6.45, 7) is 2.41. The maximum atomic E-state index is 12.2. The predicted octanol–water partition coefficient (Wildman–Crippen LogP) is 4.08. The quantitative estimate of drug-likeness (QED) is 0.461. The molecule has 0 bridgehead atoms. The molecule has 1 N–H and O–H groups in total. The second kappa shape index (κ2) is 8.41. The van der Waals surface area contributed by atoms with Gasteiger partial charge in [0.2, 0.25) is 5.91 Å². The third kappa shape index (κ3) is 4.32. The van der Waals surface area contributed by atoms with Crippen molar-refractivity contribution in [3.05, 3.63) is 65.2 Å². The van der Waals surface area contributed by atoms with Crippen LogP contribution in [0.4, 0.5) is 5.82 Å². The van der Waals surface area contributed by atoms with Gasteiger partial charge in [-0.15, -0.1) is 21.5 Å². The van der Waals surface area contributed by atoms with Crippen molar-refractivity contribution in [2.75, 3.05) is 11.1 Å². The number of aromatic nitrogens is 4. The molecule has 0 saturated heterocycles. The molecule has 0 unspecified atom stereocenters. The fourth-order valence-corrected chi connectivity index (χ4v) is 4.08. The van der Waals surface area contributed by atoms with Crippen LogP contribution in [0.15, 0.2) is 63.6 Å². The van der Waals surface area contributed by atoms with Gasteiger partial charge in [0.15, 0.2) is 16.8 Å². The van der Waals surface area contributed by atoms with Crippen molar-refractivity contribution in [1.29, 1.82) is 0 Å². The van der Waals surface area contributed by atoms with Crippen LogP contribution in [0.3, 0.4) is 0 Å². The molecule has 1 aromatic carbocycles. The summed E-state index contributed by atoms with van der Waals surface area (Å²) < 4.78 is 7.00. The number of hydrogen-bond acceptors (Lipinski definition) is 7. The number of rotatable bonds is 7. The zero-order valence-corrected chi connectivity index (χ0v) is 16.7. The predicted molar refractivity (Wildman–Crippen MR) is 109 cm³/mol. The van der Waals surface area contributed by atoms with E-state index in [1.54, 1.807) is 24.3 Å². The summed E-state index contributed by atoms with van der Waals surface area (Å²) in [4.78, 5) is 13.3. The topological polar surface area (TPSA) is 85.8 Å². The molecule has 9 heteroatoms. The number of carbonyl (C=O) groups is 1. The summed E-state index contributed by atoms with van der Waals surface area (Å²) in [6, 6.07) is 15.8. The van der Waals surface area contributed by atoms with Gasteiger partial charge < -0.3 is 9.84 Å². The molecule has 142 valence electrons. The number of benzene rings is 1. The first-order valence-electron chi connectivity index (χ1n) is 8.56. The fourth-order valence-electron chi connectivity index (χ4n) is 2.63. The van der Waals surface area contributed by atoms with Crippen LogP contribution in [0.5, 0.6) is 0 Å². The smallest absolute Gasteiger partial charge is 0.236 e. The average molecular weight is 412 g/mol. The lowest BCUT2D eigenvalue weighted by molar-refractivity contribution is -0.113. The van der Waals surface area contributed by atoms with E-state index >= 15 is 0 Å². The summed E-state index contributed by atoms with van der Waals surface area (Å²) >= 11 is 2.95. The number of anilines is 1. The standard InChI is InChI=1S/C19H17N5O2S2/c1-13-10-16(23-26-13)20-17(25)12-28-19-22-21-18(15-8-5-9-27-15)24(19)11-14-6-3-2-4-7-14/h2-10H,11-12H2,1H3,(H,20,23,25). The molecule has 28 heavy (non-hydrogen) atoms. The molecule has 3 aromatic heterocycles. The van der Waals surface area contributed by atoms with Gasteiger partial charge in [0.25, 0.3) is 0 Å². The molecule has 7 nitrogen and oxygen atoms in total. The Bertz CT molecular complexity index is 1060. The maximum absolute atomic E-state index is 12.2. The van der Waals surface area contributed by atoms with Gasteiger partial charge in [-0.3, -0.25) is 9.36 Å². The normalized spacial score (nSPS) is 10.9. The minimum atomic E-state index is -0.176. The largest absolute Gasteiger partial charge is 0.360 e. The summed E-state index contributed by atoms with van der Waals surface area (Å²) in [6.07, 6.45) is 0. The SMILES string of the molecule is Cc1cc(NC(=O)CSc2nnc(-c3cccs3)n2Cc2ccccc2)no1. The number of amides is 1. The summed E-state index contributed by atoms with van der Waals surface area (Å²) in [5.41, 5.74) is 1.14. The van der Waals surface area contributed by atoms with Gasteiger partial charge in [0, 0.05) is 6.07 Å². The highest BCUT2D eigenvalue weighted by Crippen LogP contribution is 2.28. The van der Waals surface area contributed by atoms with Crippen molar-refractivity contribution in [3.63, 3.8) is 0 Å². The molecule has 4 rings (SSSR count). The van der Waals surface area contributed by atoms with Crippen LogP contribution in [0.25, 0.3) is 10.7 Å². The van der Waals surface area contributed by atoms with E-state index in [4.69, 9.17) is 4.52 Å². The molecule has 0 aliphatic carbocycles. The number of hydrogen-bond donors (Lipinski definition) is 1. The van der Waals surface area contributed by atoms with Crippen molar-refractivity contribution in [1.82, 2.24) is 19.9 Å². The zero-order chi connectivity index (χ0) is 19.3. The molecule has 3 heterocycles. The molecular weight excluding hydrogens is 394 g/mol. The van der Waals surface area contributed by atoms with Crippen molar-refractivity contribution in [2.24, 2.45) is 0 Å². The molecule has 0 atom stereocenters. The molecular formula is C19H17N5O2S2. The van der Waals surface area contributed by atoms with Gasteiger partial charge in [-0.2, -0.15) is 0 Å². The van der Waals surface area contributed by atoms with E-state index in [-0.39, 0.29) is 11.7 Å². The van der Waals surface area contributed by atoms with Crippen LogP contribution >= 0.6 is 23.1 Å². The van der Waals surface area contributed by atoms with Crippen molar-refractivity contribution >= 4 is 34.8 Å². The Kier molecular flexibility index (Phi) is 5.54. The number of aryl methyl sites for hydroxylation is 1. The third-order valence-corrected chi connectivity index (χ3v) is 5.70. The lowest BCUT2D eigenvalue weighted by Crippen LogP contribution is -2.15. The van der Waals surface area contributed by atoms with E-state index in [9.17, 15) is 4.79 Å². The number of thiophene rings is 1. The van der Waals surface area contributed by atoms with Crippen LogP contribution in [-0.2, 0) is 11.3 Å². The highest BCUT2D eigenvalue weighted by atomic mass is 32.2. The van der Waals surface area contributed by atoms with Gasteiger partial charge in [-0.05, 0) is 23.9 Å². The van der Waals surface area contributed by atoms with Crippen molar-refractivity contribution in [3.8, 4) is 10.7 Å². The number of carbonyl (C=O) groups excluding carboxylic acids is 1. The Balaban J connectivity index is 1.52. The number of nitrogens with one attached hydrogen (secondary N) is 1. The molecule has 0 radical (unpaired) electrons. The Hall–Kier alpha value is -2.91. The Morgan fingerprint density at radius 1 is 1.21 bits per heavy atom. The van der Waals surface area contributed by atoms with Crippen LogP contribution in [-0.4, -0.2) is 31.6 Å². The molecule has 0 spiro atoms. The highest BCUT2D eigenvalue weighted by Gasteiger charge is 2.17. The molecule has 0 aliphatic heterocycles. The highest BCUT2D eigenvalue weighted by molar-refractivity contribution is 7.99. The van der Waals surface area contributed by atoms with Gasteiger partial charge in [-0.1, -0.05) is 53.3 Å². The minimum absolute atomic E-state index is 0.176.